The number of benzene rings is 3. The zero-order valence-corrected chi connectivity index (χ0v) is 24.2. The lowest BCUT2D eigenvalue weighted by molar-refractivity contribution is -0.145. The Morgan fingerprint density at radius 3 is 2.48 bits per heavy atom. The molecule has 222 valence electrons. The molecular formula is C33H35F3N2O4. The maximum atomic E-state index is 15.9. The topological polar surface area (TPSA) is 63.8 Å². The van der Waals surface area contributed by atoms with E-state index in [1.165, 1.54) is 26.0 Å². The average Bonchev–Trinajstić information content (AvgIpc) is 3.30. The van der Waals surface area contributed by atoms with E-state index in [1.54, 1.807) is 31.2 Å². The van der Waals surface area contributed by atoms with Crippen LogP contribution in [0.5, 0.6) is 11.5 Å². The van der Waals surface area contributed by atoms with Crippen molar-refractivity contribution in [3.63, 3.8) is 0 Å². The summed E-state index contributed by atoms with van der Waals surface area (Å²) >= 11 is 0. The predicted molar refractivity (Wildman–Crippen MR) is 154 cm³/mol. The Morgan fingerprint density at radius 1 is 1.02 bits per heavy atom. The molecular weight excluding hydrogens is 545 g/mol. The lowest BCUT2D eigenvalue weighted by atomic mass is 9.87. The van der Waals surface area contributed by atoms with Crippen LogP contribution < -0.4 is 9.47 Å². The summed E-state index contributed by atoms with van der Waals surface area (Å²) in [6.45, 7) is 6.66. The molecule has 0 unspecified atom stereocenters. The van der Waals surface area contributed by atoms with Crippen LogP contribution in [-0.2, 0) is 22.6 Å². The molecule has 2 atom stereocenters. The lowest BCUT2D eigenvalue weighted by Crippen LogP contribution is -2.48. The molecule has 1 aliphatic heterocycles. The van der Waals surface area contributed by atoms with Crippen molar-refractivity contribution in [3.8, 4) is 11.5 Å². The minimum atomic E-state index is -1.58. The molecule has 1 aromatic heterocycles. The van der Waals surface area contributed by atoms with Crippen LogP contribution in [0.2, 0.25) is 0 Å². The maximum absolute atomic E-state index is 15.9. The summed E-state index contributed by atoms with van der Waals surface area (Å²) in [7, 11) is 0. The number of carbonyl (C=O) groups is 1. The van der Waals surface area contributed by atoms with Gasteiger partial charge in [0, 0.05) is 46.9 Å². The number of H-pyrrole nitrogens is 1. The molecule has 0 spiro atoms. The molecule has 3 aromatic carbocycles. The molecule has 1 N–H and O–H groups in total. The number of aromatic nitrogens is 1. The number of hydrogen-bond donors (Lipinski definition) is 1. The molecule has 0 radical (unpaired) electrons. The summed E-state index contributed by atoms with van der Waals surface area (Å²) in [6.07, 6.45) is 0.624. The van der Waals surface area contributed by atoms with Crippen LogP contribution in [0.25, 0.3) is 10.9 Å². The van der Waals surface area contributed by atoms with Gasteiger partial charge >= 0.3 is 5.97 Å². The molecule has 5 rings (SSSR count). The highest BCUT2D eigenvalue weighted by atomic mass is 19.1. The second-order valence-corrected chi connectivity index (χ2v) is 11.2. The summed E-state index contributed by atoms with van der Waals surface area (Å²) in [5.41, 5.74) is 1.47. The maximum Gasteiger partial charge on any atom is 0.344 e. The first-order valence-corrected chi connectivity index (χ1v) is 14.1. The zero-order valence-electron chi connectivity index (χ0n) is 24.2. The van der Waals surface area contributed by atoms with Crippen LogP contribution in [0.1, 0.15) is 56.1 Å². The summed E-state index contributed by atoms with van der Waals surface area (Å²) in [4.78, 5) is 16.8. The highest BCUT2D eigenvalue weighted by Gasteiger charge is 2.41. The van der Waals surface area contributed by atoms with Gasteiger partial charge in [-0.15, -0.1) is 0 Å². The Kier molecular flexibility index (Phi) is 8.50. The number of para-hydroxylation sites is 1. The third-order valence-corrected chi connectivity index (χ3v) is 7.37. The van der Waals surface area contributed by atoms with Crippen LogP contribution in [0, 0.1) is 11.6 Å². The Morgan fingerprint density at radius 2 is 1.76 bits per heavy atom. The van der Waals surface area contributed by atoms with Crippen molar-refractivity contribution in [2.75, 3.05) is 19.8 Å². The summed E-state index contributed by atoms with van der Waals surface area (Å²) in [6, 6.07) is 15.9. The smallest absolute Gasteiger partial charge is 0.344 e. The molecule has 0 aliphatic carbocycles. The van der Waals surface area contributed by atoms with Crippen molar-refractivity contribution in [1.82, 2.24) is 9.88 Å². The van der Waals surface area contributed by atoms with Crippen LogP contribution in [-0.4, -0.2) is 47.3 Å². The fourth-order valence-corrected chi connectivity index (χ4v) is 5.64. The van der Waals surface area contributed by atoms with Crippen molar-refractivity contribution < 1.29 is 32.2 Å². The molecule has 2 heterocycles. The van der Waals surface area contributed by atoms with E-state index >= 15 is 13.2 Å². The predicted octanol–water partition coefficient (Wildman–Crippen LogP) is 7.05. The van der Waals surface area contributed by atoms with E-state index in [2.05, 4.69) is 4.98 Å². The Balaban J connectivity index is 1.42. The van der Waals surface area contributed by atoms with E-state index < -0.39 is 29.3 Å². The third-order valence-electron chi connectivity index (χ3n) is 7.37. The Bertz CT molecular complexity index is 1560. The fourth-order valence-electron chi connectivity index (χ4n) is 5.64. The second kappa shape index (κ2) is 12.1. The van der Waals surface area contributed by atoms with Gasteiger partial charge in [-0.3, -0.25) is 4.90 Å². The van der Waals surface area contributed by atoms with Crippen LogP contribution in [0.3, 0.4) is 0 Å². The molecule has 4 aromatic rings. The van der Waals surface area contributed by atoms with Gasteiger partial charge in [0.05, 0.1) is 12.6 Å². The molecule has 6 nitrogen and oxygen atoms in total. The number of nitrogens with one attached hydrogen (secondary N) is 1. The van der Waals surface area contributed by atoms with Crippen molar-refractivity contribution in [2.24, 2.45) is 0 Å². The SMILES string of the molecule is CCOC(=O)COc1cccc(COc2cc(F)c([C@@H]3c4[nH]c5ccccc5c4C[C@@H](C)N3CC(C)(C)F)c(F)c2)c1. The van der Waals surface area contributed by atoms with E-state index in [9.17, 15) is 4.79 Å². The Hall–Kier alpha value is -3.98. The Labute approximate surface area is 243 Å². The van der Waals surface area contributed by atoms with E-state index in [1.807, 2.05) is 36.1 Å². The van der Waals surface area contributed by atoms with Gasteiger partial charge in [-0.1, -0.05) is 30.3 Å². The minimum absolute atomic E-state index is 0.000647. The molecule has 42 heavy (non-hydrogen) atoms. The molecule has 0 saturated carbocycles. The number of hydrogen-bond acceptors (Lipinski definition) is 5. The normalized spacial score (nSPS) is 17.2. The van der Waals surface area contributed by atoms with Crippen LogP contribution in [0.15, 0.2) is 60.7 Å². The third kappa shape index (κ3) is 6.41. The zero-order chi connectivity index (χ0) is 30.0. The van der Waals surface area contributed by atoms with Gasteiger partial charge in [0.15, 0.2) is 6.61 Å². The van der Waals surface area contributed by atoms with Gasteiger partial charge < -0.3 is 19.2 Å². The minimum Gasteiger partial charge on any atom is -0.489 e. The van der Waals surface area contributed by atoms with Gasteiger partial charge in [0.2, 0.25) is 0 Å². The van der Waals surface area contributed by atoms with Crippen molar-refractivity contribution >= 4 is 16.9 Å². The van der Waals surface area contributed by atoms with Crippen LogP contribution in [0.4, 0.5) is 13.2 Å². The van der Waals surface area contributed by atoms with E-state index in [0.717, 1.165) is 16.5 Å². The van der Waals surface area contributed by atoms with Gasteiger partial charge in [-0.25, -0.2) is 18.0 Å². The molecule has 9 heteroatoms. The van der Waals surface area contributed by atoms with E-state index in [-0.39, 0.29) is 43.7 Å². The lowest BCUT2D eigenvalue weighted by Gasteiger charge is -2.43. The number of nitrogens with zero attached hydrogens (tertiary/aromatic N) is 1. The van der Waals surface area contributed by atoms with Gasteiger partial charge in [0.25, 0.3) is 0 Å². The summed E-state index contributed by atoms with van der Waals surface area (Å²) in [5, 5.41) is 0.998. The van der Waals surface area contributed by atoms with Crippen molar-refractivity contribution in [1.29, 1.82) is 0 Å². The van der Waals surface area contributed by atoms with E-state index in [0.29, 0.717) is 23.4 Å². The first-order chi connectivity index (χ1) is 20.0. The quantitative estimate of drug-likeness (QED) is 0.204. The molecule has 0 amide bonds. The summed E-state index contributed by atoms with van der Waals surface area (Å²) in [5.74, 6) is -1.58. The number of fused-ring (bicyclic) bond motifs is 3. The average molecular weight is 581 g/mol. The summed E-state index contributed by atoms with van der Waals surface area (Å²) < 4.78 is 62.8. The molecule has 1 aliphatic rings. The molecule has 0 bridgehead atoms. The standard InChI is InChI=1S/C33H35F3N2O4/c1-5-40-29(39)18-42-22-10-8-9-21(14-22)17-41-23-15-26(34)30(27(35)16-23)32-31-25(24-11-6-7-12-28(24)37-31)13-20(2)38(32)19-33(3,4)36/h6-12,14-16,20,32,37H,5,13,17-19H2,1-4H3/t20-,32-/m1/s1. The number of halogens is 3. The highest BCUT2D eigenvalue weighted by Crippen LogP contribution is 2.43. The monoisotopic (exact) mass is 580 g/mol. The van der Waals surface area contributed by atoms with Gasteiger partial charge in [-0.2, -0.15) is 0 Å². The largest absolute Gasteiger partial charge is 0.489 e. The van der Waals surface area contributed by atoms with Crippen LogP contribution >= 0.6 is 0 Å². The number of esters is 1. The van der Waals surface area contributed by atoms with Gasteiger partial charge in [0.1, 0.15) is 35.4 Å². The first-order valence-electron chi connectivity index (χ1n) is 14.1. The molecule has 0 saturated heterocycles. The highest BCUT2D eigenvalue weighted by molar-refractivity contribution is 5.85. The fraction of sp³-hybridized carbons (Fsp3) is 0.364. The molecule has 0 fully saturated rings. The van der Waals surface area contributed by atoms with E-state index in [4.69, 9.17) is 14.2 Å². The number of carbonyl (C=O) groups excluding carboxylic acids is 1. The number of rotatable bonds is 10. The van der Waals surface area contributed by atoms with Crippen molar-refractivity contribution in [3.05, 3.63) is 94.7 Å². The van der Waals surface area contributed by atoms with Gasteiger partial charge in [-0.05, 0) is 63.4 Å². The number of aromatic amines is 1. The van der Waals surface area contributed by atoms with Crippen molar-refractivity contribution in [2.45, 2.75) is 58.5 Å². The number of ether oxygens (including phenoxy) is 3. The first kappa shape index (κ1) is 29.5. The number of alkyl halides is 1. The second-order valence-electron chi connectivity index (χ2n) is 11.2.